The summed E-state index contributed by atoms with van der Waals surface area (Å²) in [5.74, 6) is 0.695. The molecule has 1 aromatic carbocycles. The topological polar surface area (TPSA) is 25.8 Å². The van der Waals surface area contributed by atoms with Crippen LogP contribution >= 0.6 is 22.9 Å². The van der Waals surface area contributed by atoms with Gasteiger partial charge in [0.15, 0.2) is 0 Å². The number of benzene rings is 1. The van der Waals surface area contributed by atoms with E-state index in [1.165, 1.54) is 10.1 Å². The molecule has 0 aliphatic carbocycles. The summed E-state index contributed by atoms with van der Waals surface area (Å²) >= 11 is 7.69. The fourth-order valence-corrected chi connectivity index (χ4v) is 3.01. The third-order valence-electron chi connectivity index (χ3n) is 2.56. The van der Waals surface area contributed by atoms with Gasteiger partial charge in [0, 0.05) is 16.3 Å². The van der Waals surface area contributed by atoms with Crippen LogP contribution < -0.4 is 0 Å². The van der Waals surface area contributed by atoms with Crippen molar-refractivity contribution in [2.45, 2.75) is 6.92 Å². The Hall–Kier alpha value is -1.45. The average molecular weight is 261 g/mol. The zero-order valence-corrected chi connectivity index (χ0v) is 10.7. The molecule has 17 heavy (non-hydrogen) atoms. The Kier molecular flexibility index (Phi) is 2.57. The molecular weight excluding hydrogens is 252 g/mol. The molecule has 0 aliphatic rings. The van der Waals surface area contributed by atoms with Crippen molar-refractivity contribution in [2.75, 3.05) is 0 Å². The van der Waals surface area contributed by atoms with E-state index in [1.807, 2.05) is 19.1 Å². The molecule has 3 aromatic rings. The Labute approximate surface area is 108 Å². The molecule has 84 valence electrons. The van der Waals surface area contributed by atoms with Crippen molar-refractivity contribution in [1.29, 1.82) is 0 Å². The first kappa shape index (κ1) is 10.7. The van der Waals surface area contributed by atoms with Gasteiger partial charge in [-0.25, -0.2) is 9.97 Å². The molecule has 0 unspecified atom stereocenters. The number of rotatable bonds is 1. The minimum absolute atomic E-state index is 0.487. The quantitative estimate of drug-likeness (QED) is 0.609. The summed E-state index contributed by atoms with van der Waals surface area (Å²) in [6.45, 7) is 1.85. The van der Waals surface area contributed by atoms with E-state index in [-0.39, 0.29) is 0 Å². The van der Waals surface area contributed by atoms with Crippen LogP contribution in [0.2, 0.25) is 5.15 Å². The van der Waals surface area contributed by atoms with Crippen LogP contribution in [-0.4, -0.2) is 9.97 Å². The largest absolute Gasteiger partial charge is 0.233 e. The van der Waals surface area contributed by atoms with Crippen molar-refractivity contribution in [2.24, 2.45) is 0 Å². The van der Waals surface area contributed by atoms with Gasteiger partial charge in [-0.05, 0) is 23.8 Å². The number of nitrogens with zero attached hydrogens (tertiary/aromatic N) is 2. The molecule has 0 saturated carbocycles. The lowest BCUT2D eigenvalue weighted by Crippen LogP contribution is -1.91. The van der Waals surface area contributed by atoms with Crippen LogP contribution in [0.4, 0.5) is 0 Å². The Bertz CT molecular complexity index is 670. The number of aryl methyl sites for hydroxylation is 1. The van der Waals surface area contributed by atoms with Crippen LogP contribution in [-0.2, 0) is 0 Å². The third-order valence-corrected chi connectivity index (χ3v) is 3.72. The van der Waals surface area contributed by atoms with Gasteiger partial charge < -0.3 is 0 Å². The van der Waals surface area contributed by atoms with E-state index in [4.69, 9.17) is 11.6 Å². The van der Waals surface area contributed by atoms with E-state index in [9.17, 15) is 0 Å². The van der Waals surface area contributed by atoms with Gasteiger partial charge in [0.05, 0.1) is 5.69 Å². The highest BCUT2D eigenvalue weighted by Crippen LogP contribution is 2.32. The summed E-state index contributed by atoms with van der Waals surface area (Å²) in [5, 5.41) is 3.81. The van der Waals surface area contributed by atoms with Gasteiger partial charge in [-0.3, -0.25) is 0 Å². The smallest absolute Gasteiger partial charge is 0.133 e. The van der Waals surface area contributed by atoms with Gasteiger partial charge in [0.1, 0.15) is 11.0 Å². The Balaban J connectivity index is 2.30. The molecule has 0 spiro atoms. The lowest BCUT2D eigenvalue weighted by Gasteiger charge is -2.04. The fraction of sp³-hybridized carbons (Fsp3) is 0.0769. The van der Waals surface area contributed by atoms with Crippen LogP contribution in [0.25, 0.3) is 21.3 Å². The molecule has 4 heteroatoms. The van der Waals surface area contributed by atoms with Crippen molar-refractivity contribution in [3.63, 3.8) is 0 Å². The number of aromatic nitrogens is 2. The molecule has 0 amide bonds. The Morgan fingerprint density at radius 1 is 1.18 bits per heavy atom. The van der Waals surface area contributed by atoms with Crippen LogP contribution in [0, 0.1) is 6.92 Å². The summed E-state index contributed by atoms with van der Waals surface area (Å²) in [5.41, 5.74) is 2.00. The van der Waals surface area contributed by atoms with E-state index in [0.29, 0.717) is 11.0 Å². The lowest BCUT2D eigenvalue weighted by atomic mass is 10.1. The van der Waals surface area contributed by atoms with E-state index in [1.54, 1.807) is 11.3 Å². The van der Waals surface area contributed by atoms with E-state index in [2.05, 4.69) is 33.5 Å². The Morgan fingerprint density at radius 2 is 2.06 bits per heavy atom. The normalized spacial score (nSPS) is 10.9. The van der Waals surface area contributed by atoms with Crippen LogP contribution in [0.15, 0.2) is 35.7 Å². The minimum Gasteiger partial charge on any atom is -0.233 e. The van der Waals surface area contributed by atoms with Gasteiger partial charge in [-0.2, -0.15) is 0 Å². The molecule has 0 N–H and O–H groups in total. The average Bonchev–Trinajstić information content (AvgIpc) is 2.75. The first-order chi connectivity index (χ1) is 8.24. The second kappa shape index (κ2) is 4.09. The molecule has 2 nitrogen and oxygen atoms in total. The maximum atomic E-state index is 5.98. The monoisotopic (exact) mass is 260 g/mol. The number of fused-ring (bicyclic) bond motifs is 1. The summed E-state index contributed by atoms with van der Waals surface area (Å²) < 4.78 is 1.24. The molecule has 0 fully saturated rings. The van der Waals surface area contributed by atoms with Gasteiger partial charge in [0.25, 0.3) is 0 Å². The zero-order chi connectivity index (χ0) is 11.8. The second-order valence-corrected chi connectivity index (χ2v) is 5.07. The van der Waals surface area contributed by atoms with Gasteiger partial charge in [0.2, 0.25) is 0 Å². The van der Waals surface area contributed by atoms with Crippen LogP contribution in [0.5, 0.6) is 0 Å². The predicted molar refractivity (Wildman–Crippen MR) is 72.6 cm³/mol. The highest BCUT2D eigenvalue weighted by atomic mass is 35.5. The van der Waals surface area contributed by atoms with Crippen molar-refractivity contribution >= 4 is 33.0 Å². The van der Waals surface area contributed by atoms with Crippen LogP contribution in [0.1, 0.15) is 5.82 Å². The standard InChI is InChI=1S/C13H9ClN2S/c1-8-15-11(7-12(14)16-8)10-4-2-3-9-5-6-17-13(9)10/h2-7H,1H3. The molecule has 0 saturated heterocycles. The first-order valence-electron chi connectivity index (χ1n) is 5.22. The highest BCUT2D eigenvalue weighted by Gasteiger charge is 2.08. The fourth-order valence-electron chi connectivity index (χ4n) is 1.86. The van der Waals surface area contributed by atoms with Crippen molar-refractivity contribution < 1.29 is 0 Å². The van der Waals surface area contributed by atoms with Crippen LogP contribution in [0.3, 0.4) is 0 Å². The predicted octanol–water partition coefficient (Wildman–Crippen LogP) is 4.32. The molecule has 3 rings (SSSR count). The van der Waals surface area contributed by atoms with E-state index in [0.717, 1.165) is 11.3 Å². The molecule has 0 bridgehead atoms. The Morgan fingerprint density at radius 3 is 2.88 bits per heavy atom. The first-order valence-corrected chi connectivity index (χ1v) is 6.47. The summed E-state index contributed by atoms with van der Waals surface area (Å²) in [6.07, 6.45) is 0. The molecule has 2 heterocycles. The van der Waals surface area contributed by atoms with E-state index < -0.39 is 0 Å². The maximum Gasteiger partial charge on any atom is 0.133 e. The van der Waals surface area contributed by atoms with Gasteiger partial charge in [-0.1, -0.05) is 29.8 Å². The molecule has 0 aliphatic heterocycles. The number of hydrogen-bond donors (Lipinski definition) is 0. The molecular formula is C13H9ClN2S. The lowest BCUT2D eigenvalue weighted by molar-refractivity contribution is 1.06. The highest BCUT2D eigenvalue weighted by molar-refractivity contribution is 7.17. The number of halogens is 1. The molecule has 0 radical (unpaired) electrons. The maximum absolute atomic E-state index is 5.98. The summed E-state index contributed by atoms with van der Waals surface area (Å²) in [7, 11) is 0. The van der Waals surface area contributed by atoms with E-state index >= 15 is 0 Å². The zero-order valence-electron chi connectivity index (χ0n) is 9.14. The van der Waals surface area contributed by atoms with Crippen molar-refractivity contribution in [1.82, 2.24) is 9.97 Å². The van der Waals surface area contributed by atoms with Gasteiger partial charge >= 0.3 is 0 Å². The second-order valence-electron chi connectivity index (χ2n) is 3.77. The molecule has 0 atom stereocenters. The van der Waals surface area contributed by atoms with Crippen molar-refractivity contribution in [3.8, 4) is 11.3 Å². The third kappa shape index (κ3) is 1.92. The summed E-state index contributed by atoms with van der Waals surface area (Å²) in [6, 6.07) is 10.1. The minimum atomic E-state index is 0.487. The van der Waals surface area contributed by atoms with Crippen molar-refractivity contribution in [3.05, 3.63) is 46.7 Å². The SMILES string of the molecule is Cc1nc(Cl)cc(-c2cccc3ccsc23)n1. The van der Waals surface area contributed by atoms with Gasteiger partial charge in [-0.15, -0.1) is 11.3 Å². The molecule has 2 aromatic heterocycles. The number of thiophene rings is 1. The number of hydrogen-bond acceptors (Lipinski definition) is 3. The summed E-state index contributed by atoms with van der Waals surface area (Å²) in [4.78, 5) is 8.53.